The lowest BCUT2D eigenvalue weighted by Gasteiger charge is -2.33. The summed E-state index contributed by atoms with van der Waals surface area (Å²) in [6.07, 6.45) is 3.05. The highest BCUT2D eigenvalue weighted by Crippen LogP contribution is 2.24. The van der Waals surface area contributed by atoms with E-state index in [2.05, 4.69) is 20.6 Å². The van der Waals surface area contributed by atoms with Crippen LogP contribution in [0.2, 0.25) is 0 Å². The van der Waals surface area contributed by atoms with E-state index in [4.69, 9.17) is 0 Å². The molecule has 1 aromatic heterocycles. The molecule has 1 saturated heterocycles. The van der Waals surface area contributed by atoms with Crippen LogP contribution in [0.25, 0.3) is 0 Å². The smallest absolute Gasteiger partial charge is 0.224 e. The Kier molecular flexibility index (Phi) is 5.30. The van der Waals surface area contributed by atoms with Crippen molar-refractivity contribution in [3.63, 3.8) is 0 Å². The predicted octanol–water partition coefficient (Wildman–Crippen LogP) is 1.40. The number of carbonyl (C=O) groups is 1. The lowest BCUT2D eigenvalue weighted by molar-refractivity contribution is -0.119. The number of amides is 1. The highest BCUT2D eigenvalue weighted by atomic mass is 19.1. The van der Waals surface area contributed by atoms with E-state index in [1.807, 2.05) is 11.8 Å². The van der Waals surface area contributed by atoms with Crippen molar-refractivity contribution in [1.82, 2.24) is 15.3 Å². The minimum absolute atomic E-state index is 0.00504. The summed E-state index contributed by atoms with van der Waals surface area (Å²) >= 11 is 0. The number of rotatable bonds is 5. The number of halogens is 1. The van der Waals surface area contributed by atoms with E-state index in [0.29, 0.717) is 30.8 Å². The van der Waals surface area contributed by atoms with Gasteiger partial charge in [-0.1, -0.05) is 0 Å². The van der Waals surface area contributed by atoms with E-state index in [1.54, 1.807) is 0 Å². The standard InChI is InChI=1S/C14H22FN5O/c1-3-16-14-18-9-12(15)13(19-14)20-6-4-11(5-7-20)8-17-10(2)21/h9,11H,3-8H2,1-2H3,(H,17,21)(H,16,18,19). The quantitative estimate of drug-likeness (QED) is 0.859. The van der Waals surface area contributed by atoms with Gasteiger partial charge in [-0.25, -0.2) is 9.37 Å². The second-order valence-electron chi connectivity index (χ2n) is 5.26. The molecule has 0 radical (unpaired) electrons. The summed E-state index contributed by atoms with van der Waals surface area (Å²) < 4.78 is 13.9. The average Bonchev–Trinajstić information content (AvgIpc) is 2.48. The molecule has 0 unspecified atom stereocenters. The first-order valence-electron chi connectivity index (χ1n) is 7.36. The van der Waals surface area contributed by atoms with Gasteiger partial charge in [-0.05, 0) is 25.7 Å². The molecule has 1 aromatic rings. The lowest BCUT2D eigenvalue weighted by atomic mass is 9.97. The van der Waals surface area contributed by atoms with Gasteiger partial charge in [0.05, 0.1) is 6.20 Å². The zero-order valence-corrected chi connectivity index (χ0v) is 12.5. The summed E-state index contributed by atoms with van der Waals surface area (Å²) in [5.41, 5.74) is 0. The average molecular weight is 295 g/mol. The number of nitrogens with one attached hydrogen (secondary N) is 2. The maximum atomic E-state index is 13.9. The van der Waals surface area contributed by atoms with Crippen LogP contribution in [-0.4, -0.2) is 42.1 Å². The number of piperidine rings is 1. The fourth-order valence-electron chi connectivity index (χ4n) is 2.46. The lowest BCUT2D eigenvalue weighted by Crippen LogP contribution is -2.39. The van der Waals surface area contributed by atoms with Gasteiger partial charge >= 0.3 is 0 Å². The van der Waals surface area contributed by atoms with Gasteiger partial charge < -0.3 is 15.5 Å². The van der Waals surface area contributed by atoms with Crippen molar-refractivity contribution in [1.29, 1.82) is 0 Å². The zero-order chi connectivity index (χ0) is 15.2. The number of nitrogens with zero attached hydrogens (tertiary/aromatic N) is 3. The van der Waals surface area contributed by atoms with Gasteiger partial charge in [0, 0.05) is 33.1 Å². The summed E-state index contributed by atoms with van der Waals surface area (Å²) in [5.74, 6) is 0.864. The second kappa shape index (κ2) is 7.19. The van der Waals surface area contributed by atoms with Crippen LogP contribution >= 0.6 is 0 Å². The molecule has 0 spiro atoms. The minimum Gasteiger partial charge on any atom is -0.356 e. The maximum Gasteiger partial charge on any atom is 0.224 e. The molecule has 1 amide bonds. The molecule has 6 nitrogen and oxygen atoms in total. The molecule has 2 N–H and O–H groups in total. The molecule has 0 bridgehead atoms. The summed E-state index contributed by atoms with van der Waals surface area (Å²) in [6.45, 7) is 6.34. The van der Waals surface area contributed by atoms with Gasteiger partial charge in [-0.3, -0.25) is 4.79 Å². The third kappa shape index (κ3) is 4.27. The Morgan fingerprint density at radius 3 is 2.81 bits per heavy atom. The van der Waals surface area contributed by atoms with E-state index in [0.717, 1.165) is 25.9 Å². The molecular formula is C14H22FN5O. The molecule has 1 aliphatic rings. The van der Waals surface area contributed by atoms with Gasteiger partial charge in [0.15, 0.2) is 11.6 Å². The largest absolute Gasteiger partial charge is 0.356 e. The number of hydrogen-bond acceptors (Lipinski definition) is 5. The third-order valence-electron chi connectivity index (χ3n) is 3.61. The summed E-state index contributed by atoms with van der Waals surface area (Å²) in [5, 5.41) is 5.83. The Hall–Kier alpha value is -1.92. The molecule has 1 fully saturated rings. The maximum absolute atomic E-state index is 13.9. The van der Waals surface area contributed by atoms with Crippen LogP contribution in [0.5, 0.6) is 0 Å². The first kappa shape index (κ1) is 15.5. The number of anilines is 2. The normalized spacial score (nSPS) is 15.9. The van der Waals surface area contributed by atoms with Crippen LogP contribution in [0.3, 0.4) is 0 Å². The van der Waals surface area contributed by atoms with E-state index in [-0.39, 0.29) is 5.91 Å². The van der Waals surface area contributed by atoms with Gasteiger partial charge in [-0.15, -0.1) is 0 Å². The molecule has 0 saturated carbocycles. The van der Waals surface area contributed by atoms with Crippen LogP contribution in [0.4, 0.5) is 16.2 Å². The summed E-state index contributed by atoms with van der Waals surface area (Å²) in [6, 6.07) is 0. The van der Waals surface area contributed by atoms with Gasteiger partial charge in [0.2, 0.25) is 11.9 Å². The van der Waals surface area contributed by atoms with E-state index < -0.39 is 5.82 Å². The van der Waals surface area contributed by atoms with Crippen LogP contribution in [0, 0.1) is 11.7 Å². The van der Waals surface area contributed by atoms with Crippen molar-refractivity contribution in [3.8, 4) is 0 Å². The third-order valence-corrected chi connectivity index (χ3v) is 3.61. The summed E-state index contributed by atoms with van der Waals surface area (Å²) in [7, 11) is 0. The van der Waals surface area contributed by atoms with Crippen LogP contribution < -0.4 is 15.5 Å². The van der Waals surface area contributed by atoms with E-state index in [9.17, 15) is 9.18 Å². The van der Waals surface area contributed by atoms with Crippen LogP contribution in [0.1, 0.15) is 26.7 Å². The predicted molar refractivity (Wildman–Crippen MR) is 79.8 cm³/mol. The second-order valence-corrected chi connectivity index (χ2v) is 5.26. The van der Waals surface area contributed by atoms with Crippen molar-refractivity contribution >= 4 is 17.7 Å². The van der Waals surface area contributed by atoms with Crippen molar-refractivity contribution in [2.75, 3.05) is 36.4 Å². The van der Waals surface area contributed by atoms with Crippen molar-refractivity contribution in [2.45, 2.75) is 26.7 Å². The number of aromatic nitrogens is 2. The molecule has 2 heterocycles. The van der Waals surface area contributed by atoms with Crippen molar-refractivity contribution in [3.05, 3.63) is 12.0 Å². The fraction of sp³-hybridized carbons (Fsp3) is 0.643. The Morgan fingerprint density at radius 1 is 1.48 bits per heavy atom. The SMILES string of the molecule is CCNc1ncc(F)c(N2CCC(CNC(C)=O)CC2)n1. The molecule has 1 aliphatic heterocycles. The first-order valence-corrected chi connectivity index (χ1v) is 7.36. The zero-order valence-electron chi connectivity index (χ0n) is 12.5. The van der Waals surface area contributed by atoms with Gasteiger partial charge in [0.1, 0.15) is 0 Å². The van der Waals surface area contributed by atoms with Crippen LogP contribution in [0.15, 0.2) is 6.20 Å². The van der Waals surface area contributed by atoms with E-state index >= 15 is 0 Å². The van der Waals surface area contributed by atoms with Crippen molar-refractivity contribution in [2.24, 2.45) is 5.92 Å². The molecule has 21 heavy (non-hydrogen) atoms. The number of carbonyl (C=O) groups excluding carboxylic acids is 1. The number of hydrogen-bond donors (Lipinski definition) is 2. The molecule has 0 atom stereocenters. The molecule has 0 aromatic carbocycles. The minimum atomic E-state index is -0.392. The van der Waals surface area contributed by atoms with Gasteiger partial charge in [-0.2, -0.15) is 4.98 Å². The Bertz CT molecular complexity index is 488. The molecule has 7 heteroatoms. The Balaban J connectivity index is 1.95. The highest BCUT2D eigenvalue weighted by Gasteiger charge is 2.23. The highest BCUT2D eigenvalue weighted by molar-refractivity contribution is 5.72. The van der Waals surface area contributed by atoms with E-state index in [1.165, 1.54) is 13.1 Å². The topological polar surface area (TPSA) is 70.2 Å². The molecular weight excluding hydrogens is 273 g/mol. The monoisotopic (exact) mass is 295 g/mol. The van der Waals surface area contributed by atoms with Crippen LogP contribution in [-0.2, 0) is 4.79 Å². The van der Waals surface area contributed by atoms with Crippen molar-refractivity contribution < 1.29 is 9.18 Å². The molecule has 0 aliphatic carbocycles. The fourth-order valence-corrected chi connectivity index (χ4v) is 2.46. The Labute approximate surface area is 124 Å². The molecule has 2 rings (SSSR count). The van der Waals surface area contributed by atoms with Gasteiger partial charge in [0.25, 0.3) is 0 Å². The Morgan fingerprint density at radius 2 is 2.19 bits per heavy atom. The molecule has 116 valence electrons. The summed E-state index contributed by atoms with van der Waals surface area (Å²) in [4.78, 5) is 21.0. The first-order chi connectivity index (χ1) is 10.1.